The van der Waals surface area contributed by atoms with Crippen LogP contribution in [0.4, 0.5) is 4.39 Å². The number of nitrogens with zero attached hydrogens (tertiary/aromatic N) is 1. The standard InChI is InChI=1S/C16H19FN2S/c1-4-9-19(5-2)11-12-15(10-18-3)20-14-8-6-7-13(17)16(12)14/h1,6-8,18H,5,9-11H2,2-3H3. The molecule has 0 aliphatic heterocycles. The maximum Gasteiger partial charge on any atom is 0.132 e. The van der Waals surface area contributed by atoms with Crippen LogP contribution in [0.2, 0.25) is 0 Å². The van der Waals surface area contributed by atoms with Crippen molar-refractivity contribution in [2.75, 3.05) is 20.1 Å². The van der Waals surface area contributed by atoms with Crippen LogP contribution in [0.25, 0.3) is 10.1 Å². The molecule has 2 rings (SSSR count). The van der Waals surface area contributed by atoms with E-state index >= 15 is 0 Å². The first-order valence-electron chi connectivity index (χ1n) is 6.70. The van der Waals surface area contributed by atoms with Gasteiger partial charge < -0.3 is 5.32 Å². The van der Waals surface area contributed by atoms with Crippen molar-refractivity contribution in [3.8, 4) is 12.3 Å². The van der Waals surface area contributed by atoms with Crippen LogP contribution in [0.5, 0.6) is 0 Å². The molecule has 0 aliphatic carbocycles. The molecule has 0 unspecified atom stereocenters. The average molecular weight is 290 g/mol. The average Bonchev–Trinajstić information content (AvgIpc) is 2.78. The number of nitrogens with one attached hydrogen (secondary N) is 1. The Balaban J connectivity index is 2.47. The van der Waals surface area contributed by atoms with Crippen LogP contribution >= 0.6 is 11.3 Å². The van der Waals surface area contributed by atoms with Crippen molar-refractivity contribution in [3.63, 3.8) is 0 Å². The van der Waals surface area contributed by atoms with Crippen molar-refractivity contribution < 1.29 is 4.39 Å². The highest BCUT2D eigenvalue weighted by Crippen LogP contribution is 2.34. The van der Waals surface area contributed by atoms with Gasteiger partial charge in [-0.1, -0.05) is 18.9 Å². The molecule has 20 heavy (non-hydrogen) atoms. The van der Waals surface area contributed by atoms with Crippen molar-refractivity contribution in [1.82, 2.24) is 10.2 Å². The molecule has 0 aliphatic rings. The van der Waals surface area contributed by atoms with Gasteiger partial charge in [0, 0.05) is 28.1 Å². The molecular formula is C16H19FN2S. The Bertz CT molecular complexity index is 627. The van der Waals surface area contributed by atoms with E-state index in [1.807, 2.05) is 13.1 Å². The lowest BCUT2D eigenvalue weighted by Crippen LogP contribution is -2.23. The molecule has 0 amide bonds. The number of fused-ring (bicyclic) bond motifs is 1. The van der Waals surface area contributed by atoms with E-state index < -0.39 is 0 Å². The van der Waals surface area contributed by atoms with Gasteiger partial charge in [-0.25, -0.2) is 4.39 Å². The second-order valence-electron chi connectivity index (χ2n) is 4.65. The maximum absolute atomic E-state index is 14.2. The minimum absolute atomic E-state index is 0.145. The lowest BCUT2D eigenvalue weighted by Gasteiger charge is -2.18. The topological polar surface area (TPSA) is 15.3 Å². The zero-order chi connectivity index (χ0) is 14.5. The molecule has 0 saturated carbocycles. The lowest BCUT2D eigenvalue weighted by molar-refractivity contribution is 0.316. The fraction of sp³-hybridized carbons (Fsp3) is 0.375. The summed E-state index contributed by atoms with van der Waals surface area (Å²) in [5.41, 5.74) is 1.06. The molecule has 1 aromatic heterocycles. The van der Waals surface area contributed by atoms with E-state index in [1.54, 1.807) is 17.4 Å². The summed E-state index contributed by atoms with van der Waals surface area (Å²) in [7, 11) is 1.91. The molecule has 2 nitrogen and oxygen atoms in total. The Morgan fingerprint density at radius 2 is 2.25 bits per heavy atom. The Morgan fingerprint density at radius 1 is 1.45 bits per heavy atom. The van der Waals surface area contributed by atoms with Crippen LogP contribution in [0.15, 0.2) is 18.2 Å². The molecule has 1 aromatic carbocycles. The molecule has 0 saturated heterocycles. The summed E-state index contributed by atoms with van der Waals surface area (Å²) in [5.74, 6) is 2.52. The molecule has 0 atom stereocenters. The van der Waals surface area contributed by atoms with Gasteiger partial charge in [-0.15, -0.1) is 17.8 Å². The molecule has 2 aromatic rings. The van der Waals surface area contributed by atoms with E-state index in [9.17, 15) is 4.39 Å². The summed E-state index contributed by atoms with van der Waals surface area (Å²) in [4.78, 5) is 3.33. The number of thiophene rings is 1. The van der Waals surface area contributed by atoms with Gasteiger partial charge in [0.25, 0.3) is 0 Å². The lowest BCUT2D eigenvalue weighted by atomic mass is 10.1. The molecule has 1 N–H and O–H groups in total. The van der Waals surface area contributed by atoms with Crippen LogP contribution in [0.1, 0.15) is 17.4 Å². The molecular weight excluding hydrogens is 271 g/mol. The Labute approximate surface area is 123 Å². The highest BCUT2D eigenvalue weighted by molar-refractivity contribution is 7.19. The van der Waals surface area contributed by atoms with Crippen molar-refractivity contribution >= 4 is 21.4 Å². The van der Waals surface area contributed by atoms with Gasteiger partial charge in [-0.3, -0.25) is 4.90 Å². The number of rotatable bonds is 6. The summed E-state index contributed by atoms with van der Waals surface area (Å²) in [6.45, 7) is 4.96. The van der Waals surface area contributed by atoms with E-state index in [2.05, 4.69) is 23.1 Å². The number of terminal acetylenes is 1. The monoisotopic (exact) mass is 290 g/mol. The van der Waals surface area contributed by atoms with Crippen molar-refractivity contribution in [2.24, 2.45) is 0 Å². The summed E-state index contributed by atoms with van der Waals surface area (Å²) < 4.78 is 15.2. The van der Waals surface area contributed by atoms with Crippen LogP contribution < -0.4 is 5.32 Å². The van der Waals surface area contributed by atoms with Gasteiger partial charge in [0.15, 0.2) is 0 Å². The molecule has 0 radical (unpaired) electrons. The van der Waals surface area contributed by atoms with E-state index in [1.165, 1.54) is 10.9 Å². The van der Waals surface area contributed by atoms with Gasteiger partial charge in [0.2, 0.25) is 0 Å². The first-order chi connectivity index (χ1) is 9.71. The van der Waals surface area contributed by atoms with Crippen LogP contribution in [-0.4, -0.2) is 25.0 Å². The zero-order valence-corrected chi connectivity index (χ0v) is 12.7. The molecule has 106 valence electrons. The van der Waals surface area contributed by atoms with E-state index in [4.69, 9.17) is 6.42 Å². The summed E-state index contributed by atoms with van der Waals surface area (Å²) >= 11 is 1.65. The van der Waals surface area contributed by atoms with Crippen molar-refractivity contribution in [3.05, 3.63) is 34.5 Å². The largest absolute Gasteiger partial charge is 0.315 e. The molecule has 0 fully saturated rings. The SMILES string of the molecule is C#CCN(CC)Cc1c(CNC)sc2cccc(F)c12. The number of hydrogen-bond acceptors (Lipinski definition) is 3. The second kappa shape index (κ2) is 6.85. The third-order valence-corrected chi connectivity index (χ3v) is 4.53. The van der Waals surface area contributed by atoms with Crippen molar-refractivity contribution in [1.29, 1.82) is 0 Å². The van der Waals surface area contributed by atoms with Crippen LogP contribution in [0.3, 0.4) is 0 Å². The summed E-state index contributed by atoms with van der Waals surface area (Å²) in [5, 5.41) is 3.91. The third-order valence-electron chi connectivity index (χ3n) is 3.33. The highest BCUT2D eigenvalue weighted by atomic mass is 32.1. The smallest absolute Gasteiger partial charge is 0.132 e. The summed E-state index contributed by atoms with van der Waals surface area (Å²) in [6, 6.07) is 5.27. The molecule has 0 spiro atoms. The Kier molecular flexibility index (Phi) is 5.13. The second-order valence-corrected chi connectivity index (χ2v) is 5.79. The fourth-order valence-electron chi connectivity index (χ4n) is 2.32. The fourth-order valence-corrected chi connectivity index (χ4v) is 3.56. The van der Waals surface area contributed by atoms with Gasteiger partial charge in [-0.2, -0.15) is 0 Å². The first-order valence-corrected chi connectivity index (χ1v) is 7.52. The third kappa shape index (κ3) is 3.01. The minimum atomic E-state index is -0.145. The van der Waals surface area contributed by atoms with Crippen LogP contribution in [-0.2, 0) is 13.1 Å². The maximum atomic E-state index is 14.2. The Hall–Kier alpha value is -1.41. The number of hydrogen-bond donors (Lipinski definition) is 1. The van der Waals surface area contributed by atoms with Gasteiger partial charge in [0.1, 0.15) is 5.82 Å². The highest BCUT2D eigenvalue weighted by Gasteiger charge is 2.16. The minimum Gasteiger partial charge on any atom is -0.315 e. The predicted molar refractivity (Wildman–Crippen MR) is 84.3 cm³/mol. The number of halogens is 1. The Morgan fingerprint density at radius 3 is 2.90 bits per heavy atom. The van der Waals surface area contributed by atoms with Gasteiger partial charge >= 0.3 is 0 Å². The van der Waals surface area contributed by atoms with E-state index in [-0.39, 0.29) is 5.82 Å². The first kappa shape index (κ1) is 15.0. The quantitative estimate of drug-likeness (QED) is 0.822. The van der Waals surface area contributed by atoms with Gasteiger partial charge in [-0.05, 0) is 31.3 Å². The summed E-state index contributed by atoms with van der Waals surface area (Å²) in [6.07, 6.45) is 5.40. The molecule has 4 heteroatoms. The number of benzene rings is 1. The van der Waals surface area contributed by atoms with E-state index in [0.717, 1.165) is 28.7 Å². The van der Waals surface area contributed by atoms with Crippen LogP contribution in [0, 0.1) is 18.2 Å². The molecule has 1 heterocycles. The van der Waals surface area contributed by atoms with Crippen molar-refractivity contribution in [2.45, 2.75) is 20.0 Å². The van der Waals surface area contributed by atoms with E-state index in [0.29, 0.717) is 13.1 Å². The predicted octanol–water partition coefficient (Wildman–Crippen LogP) is 3.21. The zero-order valence-electron chi connectivity index (χ0n) is 11.9. The van der Waals surface area contributed by atoms with Gasteiger partial charge in [0.05, 0.1) is 6.54 Å². The normalized spacial score (nSPS) is 11.2. The molecule has 0 bridgehead atoms.